The lowest BCUT2D eigenvalue weighted by atomic mass is 10.1. The van der Waals surface area contributed by atoms with E-state index in [9.17, 15) is 0 Å². The zero-order valence-electron chi connectivity index (χ0n) is 18.0. The summed E-state index contributed by atoms with van der Waals surface area (Å²) < 4.78 is 17.8. The van der Waals surface area contributed by atoms with E-state index in [1.54, 1.807) is 6.21 Å². The van der Waals surface area contributed by atoms with Crippen molar-refractivity contribution in [3.63, 3.8) is 0 Å². The van der Waals surface area contributed by atoms with Crippen LogP contribution in [0.5, 0.6) is 17.2 Å². The van der Waals surface area contributed by atoms with E-state index in [0.29, 0.717) is 13.2 Å². The molecule has 1 atom stereocenters. The third kappa shape index (κ3) is 7.53. The summed E-state index contributed by atoms with van der Waals surface area (Å²) in [5.74, 6) is 2.57. The normalized spacial score (nSPS) is 12.3. The van der Waals surface area contributed by atoms with Gasteiger partial charge < -0.3 is 19.0 Å². The summed E-state index contributed by atoms with van der Waals surface area (Å²) >= 11 is 0. The first-order valence-corrected chi connectivity index (χ1v) is 9.84. The van der Waals surface area contributed by atoms with Gasteiger partial charge in [-0.3, -0.25) is 0 Å². The number of hydrogen-bond donors (Lipinski definition) is 0. The van der Waals surface area contributed by atoms with Gasteiger partial charge in [0.1, 0.15) is 31.0 Å². The fourth-order valence-corrected chi connectivity index (χ4v) is 2.86. The van der Waals surface area contributed by atoms with Crippen LogP contribution >= 0.6 is 0 Å². The van der Waals surface area contributed by atoms with Crippen LogP contribution in [-0.2, 0) is 4.84 Å². The fraction of sp³-hybridized carbons (Fsp3) is 0.375. The summed E-state index contributed by atoms with van der Waals surface area (Å²) in [4.78, 5) is 4.71. The van der Waals surface area contributed by atoms with E-state index in [0.717, 1.165) is 40.4 Å². The van der Waals surface area contributed by atoms with Crippen molar-refractivity contribution in [1.82, 2.24) is 0 Å². The van der Waals surface area contributed by atoms with Crippen molar-refractivity contribution in [2.75, 3.05) is 20.3 Å². The van der Waals surface area contributed by atoms with E-state index in [-0.39, 0.29) is 6.10 Å². The Morgan fingerprint density at radius 1 is 1.03 bits per heavy atom. The van der Waals surface area contributed by atoms with Crippen molar-refractivity contribution in [3.05, 3.63) is 65.2 Å². The molecule has 0 saturated heterocycles. The Labute approximate surface area is 173 Å². The lowest BCUT2D eigenvalue weighted by Gasteiger charge is -2.18. The quantitative estimate of drug-likeness (QED) is 0.286. The molecule has 0 N–H and O–H groups in total. The van der Waals surface area contributed by atoms with Crippen molar-refractivity contribution in [2.24, 2.45) is 5.16 Å². The van der Waals surface area contributed by atoms with E-state index < -0.39 is 0 Å². The lowest BCUT2D eigenvalue weighted by Crippen LogP contribution is -2.16. The number of oxime groups is 1. The van der Waals surface area contributed by atoms with E-state index >= 15 is 0 Å². The molecule has 156 valence electrons. The average molecular weight is 398 g/mol. The van der Waals surface area contributed by atoms with Crippen LogP contribution in [0.4, 0.5) is 0 Å². The number of allylic oxidation sites excluding steroid dienone is 1. The van der Waals surface area contributed by atoms with Crippen LogP contribution in [0.3, 0.4) is 0 Å². The molecule has 2 aromatic carbocycles. The van der Waals surface area contributed by atoms with Gasteiger partial charge >= 0.3 is 0 Å². The topological polar surface area (TPSA) is 49.3 Å². The number of aryl methyl sites for hydroxylation is 2. The highest BCUT2D eigenvalue weighted by Gasteiger charge is 2.10. The van der Waals surface area contributed by atoms with Gasteiger partial charge in [0.25, 0.3) is 0 Å². The third-order valence-electron chi connectivity index (χ3n) is 4.29. The standard InChI is InChI=1S/C24H31NO4/c1-6-7-12-27-23-14-18(2)24(19(3)15-23)28-13-11-20(4)29-22-10-8-9-21(16-22)17-25-26-5/h6-10,14-17,20H,11-13H2,1-5H3/b7-6+,25-17?. The van der Waals surface area contributed by atoms with Crippen molar-refractivity contribution < 1.29 is 19.0 Å². The van der Waals surface area contributed by atoms with E-state index in [1.165, 1.54) is 7.11 Å². The zero-order valence-corrected chi connectivity index (χ0v) is 18.0. The first kappa shape index (κ1) is 22.3. The number of hydrogen-bond acceptors (Lipinski definition) is 5. The molecule has 2 rings (SSSR count). The van der Waals surface area contributed by atoms with Crippen LogP contribution in [0.15, 0.2) is 53.7 Å². The minimum atomic E-state index is 0.0219. The van der Waals surface area contributed by atoms with Crippen molar-refractivity contribution in [3.8, 4) is 17.2 Å². The molecule has 1 unspecified atom stereocenters. The molecule has 0 aliphatic heterocycles. The van der Waals surface area contributed by atoms with Crippen molar-refractivity contribution in [1.29, 1.82) is 0 Å². The van der Waals surface area contributed by atoms with E-state index in [2.05, 4.69) is 5.16 Å². The molecule has 5 nitrogen and oxygen atoms in total. The van der Waals surface area contributed by atoms with Crippen molar-refractivity contribution in [2.45, 2.75) is 40.2 Å². The highest BCUT2D eigenvalue weighted by Crippen LogP contribution is 2.29. The molecular formula is C24H31NO4. The molecule has 0 spiro atoms. The smallest absolute Gasteiger partial charge is 0.125 e. The Bertz CT molecular complexity index is 806. The van der Waals surface area contributed by atoms with Crippen LogP contribution in [0, 0.1) is 13.8 Å². The Balaban J connectivity index is 1.87. The molecule has 0 amide bonds. The molecule has 0 saturated carbocycles. The van der Waals surface area contributed by atoms with Gasteiger partial charge in [0.2, 0.25) is 0 Å². The largest absolute Gasteiger partial charge is 0.493 e. The number of nitrogens with zero attached hydrogens (tertiary/aromatic N) is 1. The number of ether oxygens (including phenoxy) is 3. The highest BCUT2D eigenvalue weighted by molar-refractivity contribution is 5.79. The third-order valence-corrected chi connectivity index (χ3v) is 4.29. The van der Waals surface area contributed by atoms with Gasteiger partial charge in [-0.2, -0.15) is 0 Å². The molecule has 0 aliphatic rings. The maximum Gasteiger partial charge on any atom is 0.125 e. The second kappa shape index (κ2) is 11.8. The first-order chi connectivity index (χ1) is 14.0. The highest BCUT2D eigenvalue weighted by atomic mass is 16.6. The Kier molecular flexibility index (Phi) is 9.09. The molecule has 5 heteroatoms. The molecule has 0 radical (unpaired) electrons. The van der Waals surface area contributed by atoms with Gasteiger partial charge in [0.15, 0.2) is 0 Å². The maximum atomic E-state index is 6.05. The van der Waals surface area contributed by atoms with Gasteiger partial charge in [-0.1, -0.05) is 29.4 Å². The van der Waals surface area contributed by atoms with Crippen LogP contribution in [0.25, 0.3) is 0 Å². The van der Waals surface area contributed by atoms with Crippen LogP contribution < -0.4 is 14.2 Å². The molecule has 2 aromatic rings. The van der Waals surface area contributed by atoms with E-state index in [4.69, 9.17) is 19.0 Å². The first-order valence-electron chi connectivity index (χ1n) is 9.84. The minimum Gasteiger partial charge on any atom is -0.493 e. The monoisotopic (exact) mass is 397 g/mol. The Morgan fingerprint density at radius 3 is 2.48 bits per heavy atom. The summed E-state index contributed by atoms with van der Waals surface area (Å²) in [5, 5.41) is 3.78. The summed E-state index contributed by atoms with van der Waals surface area (Å²) in [6.07, 6.45) is 6.40. The van der Waals surface area contributed by atoms with Crippen LogP contribution in [0.1, 0.15) is 37.0 Å². The van der Waals surface area contributed by atoms with Gasteiger partial charge in [-0.25, -0.2) is 0 Å². The summed E-state index contributed by atoms with van der Waals surface area (Å²) in [6, 6.07) is 11.8. The van der Waals surface area contributed by atoms with Gasteiger partial charge in [0.05, 0.1) is 18.9 Å². The predicted octanol–water partition coefficient (Wildman–Crippen LogP) is 5.48. The SMILES string of the molecule is C/C=C/COc1cc(C)c(OCCC(C)Oc2cccc(C=NOC)c2)c(C)c1. The minimum absolute atomic E-state index is 0.0219. The second-order valence-corrected chi connectivity index (χ2v) is 6.82. The van der Waals surface area contributed by atoms with Gasteiger partial charge in [-0.05, 0) is 68.7 Å². The molecule has 0 aromatic heterocycles. The molecule has 0 fully saturated rings. The van der Waals surface area contributed by atoms with Crippen LogP contribution in [-0.4, -0.2) is 32.6 Å². The summed E-state index contributed by atoms with van der Waals surface area (Å²) in [6.45, 7) is 9.25. The maximum absolute atomic E-state index is 6.05. The van der Waals surface area contributed by atoms with Crippen molar-refractivity contribution >= 4 is 6.21 Å². The van der Waals surface area contributed by atoms with Gasteiger partial charge in [0, 0.05) is 6.42 Å². The van der Waals surface area contributed by atoms with E-state index in [1.807, 2.05) is 76.2 Å². The fourth-order valence-electron chi connectivity index (χ4n) is 2.86. The summed E-state index contributed by atoms with van der Waals surface area (Å²) in [7, 11) is 1.52. The van der Waals surface area contributed by atoms with Crippen LogP contribution in [0.2, 0.25) is 0 Å². The molecule has 0 bridgehead atoms. The Morgan fingerprint density at radius 2 is 1.79 bits per heavy atom. The Hall–Kier alpha value is -2.95. The van der Waals surface area contributed by atoms with Gasteiger partial charge in [-0.15, -0.1) is 0 Å². The molecule has 29 heavy (non-hydrogen) atoms. The molecular weight excluding hydrogens is 366 g/mol. The zero-order chi connectivity index (χ0) is 21.1. The molecule has 0 heterocycles. The number of benzene rings is 2. The number of rotatable bonds is 11. The predicted molar refractivity (Wildman–Crippen MR) is 117 cm³/mol. The lowest BCUT2D eigenvalue weighted by molar-refractivity contribution is 0.176. The average Bonchev–Trinajstić information content (AvgIpc) is 2.69. The molecule has 0 aliphatic carbocycles. The second-order valence-electron chi connectivity index (χ2n) is 6.82. The summed E-state index contributed by atoms with van der Waals surface area (Å²) in [5.41, 5.74) is 3.06.